The molecule has 6 nitrogen and oxygen atoms in total. The summed E-state index contributed by atoms with van der Waals surface area (Å²) in [6.07, 6.45) is 0. The van der Waals surface area contributed by atoms with Gasteiger partial charge in [0.25, 0.3) is 5.91 Å². The first-order chi connectivity index (χ1) is 15.2. The van der Waals surface area contributed by atoms with E-state index in [9.17, 15) is 9.18 Å². The summed E-state index contributed by atoms with van der Waals surface area (Å²) in [5.41, 5.74) is 1.66. The third-order valence-electron chi connectivity index (χ3n) is 4.97. The molecule has 0 aliphatic carbocycles. The fraction of sp³-hybridized carbons (Fsp3) is 0.304. The zero-order valence-electron chi connectivity index (χ0n) is 17.1. The third-order valence-corrected chi connectivity index (χ3v) is 5.85. The molecule has 0 unspecified atom stereocenters. The van der Waals surface area contributed by atoms with Crippen LogP contribution in [-0.4, -0.2) is 55.2 Å². The molecule has 2 heterocycles. The number of morpholine rings is 1. The molecule has 1 saturated heterocycles. The molecule has 4 rings (SSSR count). The number of carbonyl (C=O) groups is 1. The van der Waals surface area contributed by atoms with E-state index in [1.54, 1.807) is 17.5 Å². The lowest BCUT2D eigenvalue weighted by molar-refractivity contribution is 0.0383. The van der Waals surface area contributed by atoms with E-state index in [4.69, 9.17) is 9.47 Å². The Labute approximate surface area is 184 Å². The number of hydrogen-bond acceptors (Lipinski definition) is 6. The molecule has 8 heteroatoms. The molecular weight excluding hydrogens is 417 g/mol. The van der Waals surface area contributed by atoms with Crippen LogP contribution < -0.4 is 10.1 Å². The average molecular weight is 442 g/mol. The summed E-state index contributed by atoms with van der Waals surface area (Å²) >= 11 is 1.24. The summed E-state index contributed by atoms with van der Waals surface area (Å²) in [7, 11) is 0. The van der Waals surface area contributed by atoms with Crippen molar-refractivity contribution in [3.8, 4) is 16.3 Å². The van der Waals surface area contributed by atoms with Crippen molar-refractivity contribution >= 4 is 17.2 Å². The van der Waals surface area contributed by atoms with E-state index >= 15 is 0 Å². The number of thiazole rings is 1. The predicted molar refractivity (Wildman–Crippen MR) is 118 cm³/mol. The first kappa shape index (κ1) is 21.4. The number of aromatic nitrogens is 1. The van der Waals surface area contributed by atoms with E-state index in [2.05, 4.69) is 15.2 Å². The van der Waals surface area contributed by atoms with Crippen molar-refractivity contribution in [1.29, 1.82) is 0 Å². The summed E-state index contributed by atoms with van der Waals surface area (Å²) in [4.78, 5) is 18.9. The number of ether oxygens (including phenoxy) is 2. The molecule has 0 bridgehead atoms. The van der Waals surface area contributed by atoms with Crippen LogP contribution in [0.25, 0.3) is 10.6 Å². The Balaban J connectivity index is 1.32. The van der Waals surface area contributed by atoms with Crippen LogP contribution in [0.1, 0.15) is 16.1 Å². The average Bonchev–Trinajstić information content (AvgIpc) is 3.29. The molecule has 0 saturated carbocycles. The third kappa shape index (κ3) is 5.88. The Bertz CT molecular complexity index is 1010. The van der Waals surface area contributed by atoms with E-state index < -0.39 is 5.82 Å². The Hall–Kier alpha value is -2.81. The minimum absolute atomic E-state index is 0.251. The van der Waals surface area contributed by atoms with Crippen LogP contribution in [0, 0.1) is 5.82 Å². The molecule has 1 fully saturated rings. The molecule has 31 heavy (non-hydrogen) atoms. The second-order valence-corrected chi connectivity index (χ2v) is 8.02. The van der Waals surface area contributed by atoms with Crippen LogP contribution in [0.4, 0.5) is 4.39 Å². The van der Waals surface area contributed by atoms with E-state index in [1.165, 1.54) is 17.4 Å². The molecule has 2 aromatic carbocycles. The minimum Gasteiger partial charge on any atom is -0.489 e. The summed E-state index contributed by atoms with van der Waals surface area (Å²) < 4.78 is 25.6. The van der Waals surface area contributed by atoms with Crippen LogP contribution >= 0.6 is 11.3 Å². The standard InChI is InChI=1S/C23H24FN3O3S/c24-20-14-18(30-15-17-4-2-1-3-5-17)6-7-19(20)23-26-21(16-31-23)22(28)25-8-9-27-10-12-29-13-11-27/h1-7,14,16H,8-13,15H2,(H,25,28). The number of benzene rings is 2. The van der Waals surface area contributed by atoms with Crippen molar-refractivity contribution < 1.29 is 18.7 Å². The molecular formula is C23H24FN3O3S. The van der Waals surface area contributed by atoms with Gasteiger partial charge in [0, 0.05) is 43.2 Å². The smallest absolute Gasteiger partial charge is 0.270 e. The number of hydrogen-bond donors (Lipinski definition) is 1. The zero-order valence-corrected chi connectivity index (χ0v) is 17.9. The maximum atomic E-state index is 14.7. The molecule has 1 aromatic heterocycles. The van der Waals surface area contributed by atoms with Gasteiger partial charge in [-0.2, -0.15) is 0 Å². The summed E-state index contributed by atoms with van der Waals surface area (Å²) in [5.74, 6) is -0.235. The van der Waals surface area contributed by atoms with E-state index in [-0.39, 0.29) is 5.91 Å². The van der Waals surface area contributed by atoms with Crippen molar-refractivity contribution in [1.82, 2.24) is 15.2 Å². The van der Waals surface area contributed by atoms with E-state index in [0.29, 0.717) is 35.2 Å². The van der Waals surface area contributed by atoms with Crippen LogP contribution in [0.15, 0.2) is 53.9 Å². The Morgan fingerprint density at radius 2 is 2.00 bits per heavy atom. The lowest BCUT2D eigenvalue weighted by atomic mass is 10.2. The monoisotopic (exact) mass is 441 g/mol. The van der Waals surface area contributed by atoms with Crippen molar-refractivity contribution in [2.45, 2.75) is 6.61 Å². The molecule has 0 radical (unpaired) electrons. The van der Waals surface area contributed by atoms with Crippen LogP contribution in [0.3, 0.4) is 0 Å². The fourth-order valence-electron chi connectivity index (χ4n) is 3.24. The van der Waals surface area contributed by atoms with Crippen molar-refractivity contribution in [3.05, 3.63) is 71.0 Å². The molecule has 0 atom stereocenters. The first-order valence-electron chi connectivity index (χ1n) is 10.2. The maximum Gasteiger partial charge on any atom is 0.270 e. The van der Waals surface area contributed by atoms with Gasteiger partial charge in [0.15, 0.2) is 0 Å². The molecule has 162 valence electrons. The van der Waals surface area contributed by atoms with Gasteiger partial charge in [-0.05, 0) is 17.7 Å². The number of nitrogens with zero attached hydrogens (tertiary/aromatic N) is 2. The van der Waals surface area contributed by atoms with Gasteiger partial charge in [-0.15, -0.1) is 11.3 Å². The van der Waals surface area contributed by atoms with Gasteiger partial charge in [0.1, 0.15) is 28.9 Å². The molecule has 1 aliphatic heterocycles. The van der Waals surface area contributed by atoms with Gasteiger partial charge >= 0.3 is 0 Å². The van der Waals surface area contributed by atoms with Crippen molar-refractivity contribution in [3.63, 3.8) is 0 Å². The zero-order chi connectivity index (χ0) is 21.5. The topological polar surface area (TPSA) is 63.7 Å². The first-order valence-corrected chi connectivity index (χ1v) is 11.1. The number of rotatable bonds is 8. The van der Waals surface area contributed by atoms with Gasteiger partial charge in [0.2, 0.25) is 0 Å². The summed E-state index contributed by atoms with van der Waals surface area (Å²) in [5, 5.41) is 4.99. The molecule has 1 aliphatic rings. The highest BCUT2D eigenvalue weighted by Crippen LogP contribution is 2.29. The quantitative estimate of drug-likeness (QED) is 0.579. The van der Waals surface area contributed by atoms with E-state index in [0.717, 1.165) is 38.4 Å². The Morgan fingerprint density at radius 3 is 2.77 bits per heavy atom. The molecule has 3 aromatic rings. The predicted octanol–water partition coefficient (Wildman–Crippen LogP) is 3.59. The van der Waals surface area contributed by atoms with Crippen LogP contribution in [0.5, 0.6) is 5.75 Å². The number of amides is 1. The number of nitrogens with one attached hydrogen (secondary N) is 1. The Kier molecular flexibility index (Phi) is 7.24. The van der Waals surface area contributed by atoms with Crippen molar-refractivity contribution in [2.24, 2.45) is 0 Å². The van der Waals surface area contributed by atoms with Gasteiger partial charge < -0.3 is 14.8 Å². The molecule has 1 N–H and O–H groups in total. The normalized spacial score (nSPS) is 14.4. The fourth-order valence-corrected chi connectivity index (χ4v) is 4.07. The van der Waals surface area contributed by atoms with Gasteiger partial charge in [0.05, 0.1) is 13.2 Å². The van der Waals surface area contributed by atoms with Crippen LogP contribution in [-0.2, 0) is 11.3 Å². The highest BCUT2D eigenvalue weighted by atomic mass is 32.1. The lowest BCUT2D eigenvalue weighted by Crippen LogP contribution is -2.41. The maximum absolute atomic E-state index is 14.7. The van der Waals surface area contributed by atoms with E-state index in [1.807, 2.05) is 30.3 Å². The lowest BCUT2D eigenvalue weighted by Gasteiger charge is -2.26. The second kappa shape index (κ2) is 10.5. The summed E-state index contributed by atoms with van der Waals surface area (Å²) in [6.45, 7) is 4.88. The Morgan fingerprint density at radius 1 is 1.19 bits per heavy atom. The highest BCUT2D eigenvalue weighted by Gasteiger charge is 2.16. The van der Waals surface area contributed by atoms with Gasteiger partial charge in [-0.25, -0.2) is 9.37 Å². The van der Waals surface area contributed by atoms with Crippen molar-refractivity contribution in [2.75, 3.05) is 39.4 Å². The number of halogens is 1. The number of carbonyl (C=O) groups excluding carboxylic acids is 1. The summed E-state index contributed by atoms with van der Waals surface area (Å²) in [6, 6.07) is 14.4. The minimum atomic E-state index is -0.431. The van der Waals surface area contributed by atoms with Gasteiger partial charge in [-0.1, -0.05) is 30.3 Å². The van der Waals surface area contributed by atoms with Crippen LogP contribution in [0.2, 0.25) is 0 Å². The van der Waals surface area contributed by atoms with Gasteiger partial charge in [-0.3, -0.25) is 9.69 Å². The largest absolute Gasteiger partial charge is 0.489 e. The molecule has 1 amide bonds. The molecule has 0 spiro atoms. The highest BCUT2D eigenvalue weighted by molar-refractivity contribution is 7.13. The SMILES string of the molecule is O=C(NCCN1CCOCC1)c1csc(-c2ccc(OCc3ccccc3)cc2F)n1. The second-order valence-electron chi connectivity index (χ2n) is 7.16.